The van der Waals surface area contributed by atoms with Crippen LogP contribution in [-0.2, 0) is 20.7 Å². The Kier molecular flexibility index (Phi) is 6.20. The Hall–Kier alpha value is -3.15. The van der Waals surface area contributed by atoms with E-state index in [4.69, 9.17) is 4.74 Å². The predicted molar refractivity (Wildman–Crippen MR) is 100.0 cm³/mol. The lowest BCUT2D eigenvalue weighted by Gasteiger charge is -2.26. The molecule has 0 fully saturated rings. The van der Waals surface area contributed by atoms with Gasteiger partial charge in [0.05, 0.1) is 6.04 Å². The first-order valence-electron chi connectivity index (χ1n) is 8.99. The average molecular weight is 366 g/mol. The van der Waals surface area contributed by atoms with Gasteiger partial charge in [-0.2, -0.15) is 0 Å². The summed E-state index contributed by atoms with van der Waals surface area (Å²) in [6, 6.07) is 16.6. The fourth-order valence-corrected chi connectivity index (χ4v) is 3.18. The lowest BCUT2D eigenvalue weighted by Crippen LogP contribution is -2.36. The van der Waals surface area contributed by atoms with E-state index in [1.807, 2.05) is 18.2 Å². The minimum absolute atomic E-state index is 0.0565. The number of hydrogen-bond donors (Lipinski definition) is 2. The summed E-state index contributed by atoms with van der Waals surface area (Å²) in [7, 11) is 0. The van der Waals surface area contributed by atoms with Crippen molar-refractivity contribution in [1.82, 2.24) is 10.6 Å². The first kappa shape index (κ1) is 18.6. The number of carbonyl (C=O) groups excluding carboxylic acids is 3. The number of benzene rings is 2. The van der Waals surface area contributed by atoms with Crippen LogP contribution < -0.4 is 10.6 Å². The molecule has 0 unspecified atom stereocenters. The van der Waals surface area contributed by atoms with Crippen molar-refractivity contribution in [3.8, 4) is 0 Å². The number of carbonyl (C=O) groups is 3. The average Bonchev–Trinajstić information content (AvgIpc) is 2.71. The summed E-state index contributed by atoms with van der Waals surface area (Å²) in [5, 5.41) is 5.39. The van der Waals surface area contributed by atoms with Crippen molar-refractivity contribution < 1.29 is 19.1 Å². The van der Waals surface area contributed by atoms with E-state index in [0.717, 1.165) is 24.8 Å². The van der Waals surface area contributed by atoms with Crippen LogP contribution in [0.15, 0.2) is 54.6 Å². The van der Waals surface area contributed by atoms with Crippen LogP contribution in [0.5, 0.6) is 0 Å². The van der Waals surface area contributed by atoms with E-state index in [1.54, 1.807) is 30.3 Å². The zero-order chi connectivity index (χ0) is 19.1. The Labute approximate surface area is 157 Å². The van der Waals surface area contributed by atoms with Gasteiger partial charge >= 0.3 is 5.97 Å². The Balaban J connectivity index is 1.42. The van der Waals surface area contributed by atoms with Crippen molar-refractivity contribution in [3.05, 3.63) is 71.3 Å². The van der Waals surface area contributed by atoms with E-state index < -0.39 is 5.97 Å². The Bertz CT molecular complexity index is 820. The number of ether oxygens (including phenoxy) is 1. The van der Waals surface area contributed by atoms with E-state index in [0.29, 0.717) is 5.56 Å². The van der Waals surface area contributed by atoms with Gasteiger partial charge in [0.1, 0.15) is 6.54 Å². The molecule has 2 aromatic carbocycles. The highest BCUT2D eigenvalue weighted by Crippen LogP contribution is 2.29. The minimum atomic E-state index is -0.654. The van der Waals surface area contributed by atoms with Crippen LogP contribution in [0, 0.1) is 0 Å². The van der Waals surface area contributed by atoms with Crippen molar-refractivity contribution in [2.45, 2.75) is 25.3 Å². The normalized spacial score (nSPS) is 15.3. The predicted octanol–water partition coefficient (Wildman–Crippen LogP) is 2.15. The number of rotatable bonds is 6. The van der Waals surface area contributed by atoms with Gasteiger partial charge in [-0.25, -0.2) is 0 Å². The van der Waals surface area contributed by atoms with E-state index in [1.165, 1.54) is 5.56 Å². The molecule has 0 saturated carbocycles. The van der Waals surface area contributed by atoms with Crippen LogP contribution >= 0.6 is 0 Å². The first-order chi connectivity index (χ1) is 13.1. The summed E-state index contributed by atoms with van der Waals surface area (Å²) in [5.41, 5.74) is 2.83. The maximum absolute atomic E-state index is 12.1. The number of amides is 2. The van der Waals surface area contributed by atoms with Gasteiger partial charge in [0.15, 0.2) is 6.61 Å². The topological polar surface area (TPSA) is 84.5 Å². The Morgan fingerprint density at radius 2 is 1.74 bits per heavy atom. The van der Waals surface area contributed by atoms with Crippen LogP contribution in [0.2, 0.25) is 0 Å². The number of hydrogen-bond acceptors (Lipinski definition) is 4. The molecule has 0 aromatic heterocycles. The van der Waals surface area contributed by atoms with Crippen LogP contribution in [0.4, 0.5) is 0 Å². The zero-order valence-corrected chi connectivity index (χ0v) is 14.9. The molecule has 0 saturated heterocycles. The van der Waals surface area contributed by atoms with Crippen molar-refractivity contribution >= 4 is 17.8 Å². The molecule has 2 amide bonds. The third-order valence-electron chi connectivity index (χ3n) is 4.50. The third-order valence-corrected chi connectivity index (χ3v) is 4.50. The first-order valence-corrected chi connectivity index (χ1v) is 8.99. The second-order valence-electron chi connectivity index (χ2n) is 6.42. The van der Waals surface area contributed by atoms with Crippen LogP contribution in [0.1, 0.15) is 40.4 Å². The molecule has 0 bridgehead atoms. The van der Waals surface area contributed by atoms with E-state index in [-0.39, 0.29) is 31.0 Å². The largest absolute Gasteiger partial charge is 0.454 e. The summed E-state index contributed by atoms with van der Waals surface area (Å²) >= 11 is 0. The Morgan fingerprint density at radius 1 is 1.00 bits per heavy atom. The lowest BCUT2D eigenvalue weighted by atomic mass is 9.88. The van der Waals surface area contributed by atoms with Crippen molar-refractivity contribution in [3.63, 3.8) is 0 Å². The third kappa shape index (κ3) is 5.17. The number of fused-ring (bicyclic) bond motifs is 1. The zero-order valence-electron chi connectivity index (χ0n) is 14.9. The quantitative estimate of drug-likeness (QED) is 0.768. The fraction of sp³-hybridized carbons (Fsp3) is 0.286. The molecule has 140 valence electrons. The molecule has 1 atom stereocenters. The van der Waals surface area contributed by atoms with Gasteiger partial charge in [0.25, 0.3) is 11.8 Å². The maximum atomic E-state index is 12.1. The molecule has 2 N–H and O–H groups in total. The molecular weight excluding hydrogens is 344 g/mol. The summed E-state index contributed by atoms with van der Waals surface area (Å²) in [6.07, 6.45) is 2.88. The summed E-state index contributed by atoms with van der Waals surface area (Å²) in [5.74, 6) is -1.37. The molecule has 1 aliphatic carbocycles. The van der Waals surface area contributed by atoms with Gasteiger partial charge < -0.3 is 15.4 Å². The molecule has 3 rings (SSSR count). The maximum Gasteiger partial charge on any atom is 0.325 e. The van der Waals surface area contributed by atoms with Crippen molar-refractivity contribution in [2.75, 3.05) is 13.2 Å². The van der Waals surface area contributed by atoms with Crippen LogP contribution in [-0.4, -0.2) is 30.9 Å². The van der Waals surface area contributed by atoms with E-state index in [2.05, 4.69) is 16.7 Å². The molecule has 2 aromatic rings. The molecule has 0 spiro atoms. The van der Waals surface area contributed by atoms with Gasteiger partial charge in [-0.05, 0) is 42.5 Å². The van der Waals surface area contributed by atoms with Gasteiger partial charge in [-0.15, -0.1) is 0 Å². The second kappa shape index (κ2) is 8.98. The van der Waals surface area contributed by atoms with Gasteiger partial charge in [-0.3, -0.25) is 14.4 Å². The molecular formula is C21H22N2O4. The molecule has 0 radical (unpaired) electrons. The second-order valence-corrected chi connectivity index (χ2v) is 6.42. The number of aryl methyl sites for hydroxylation is 1. The molecule has 0 heterocycles. The van der Waals surface area contributed by atoms with E-state index in [9.17, 15) is 14.4 Å². The molecule has 27 heavy (non-hydrogen) atoms. The fourth-order valence-electron chi connectivity index (χ4n) is 3.18. The van der Waals surface area contributed by atoms with Crippen molar-refractivity contribution in [1.29, 1.82) is 0 Å². The van der Waals surface area contributed by atoms with Crippen LogP contribution in [0.25, 0.3) is 0 Å². The molecule has 1 aliphatic rings. The highest BCUT2D eigenvalue weighted by atomic mass is 16.5. The van der Waals surface area contributed by atoms with Gasteiger partial charge in [-0.1, -0.05) is 42.5 Å². The monoisotopic (exact) mass is 366 g/mol. The summed E-state index contributed by atoms with van der Waals surface area (Å²) in [6.45, 7) is -0.647. The summed E-state index contributed by atoms with van der Waals surface area (Å²) < 4.78 is 4.95. The standard InChI is InChI=1S/C21H22N2O4/c24-19(23-18-12-6-10-15-7-4-5-11-17(15)18)14-27-20(25)13-22-21(26)16-8-2-1-3-9-16/h1-5,7-9,11,18H,6,10,12-14H2,(H,22,26)(H,23,24)/t18-/m1/s1. The van der Waals surface area contributed by atoms with Crippen molar-refractivity contribution in [2.24, 2.45) is 0 Å². The number of esters is 1. The van der Waals surface area contributed by atoms with E-state index >= 15 is 0 Å². The van der Waals surface area contributed by atoms with Gasteiger partial charge in [0, 0.05) is 5.56 Å². The highest BCUT2D eigenvalue weighted by molar-refractivity contribution is 5.96. The van der Waals surface area contributed by atoms with Crippen LogP contribution in [0.3, 0.4) is 0 Å². The molecule has 6 heteroatoms. The summed E-state index contributed by atoms with van der Waals surface area (Å²) in [4.78, 5) is 35.7. The van der Waals surface area contributed by atoms with Gasteiger partial charge in [0.2, 0.25) is 0 Å². The molecule has 6 nitrogen and oxygen atoms in total. The lowest BCUT2D eigenvalue weighted by molar-refractivity contribution is -0.147. The highest BCUT2D eigenvalue weighted by Gasteiger charge is 2.21. The smallest absolute Gasteiger partial charge is 0.325 e. The Morgan fingerprint density at radius 3 is 2.56 bits per heavy atom. The number of nitrogens with one attached hydrogen (secondary N) is 2. The minimum Gasteiger partial charge on any atom is -0.454 e. The SMILES string of the molecule is O=C(COC(=O)CNC(=O)c1ccccc1)N[C@@H]1CCCc2ccccc21. The molecule has 0 aliphatic heterocycles.